The van der Waals surface area contributed by atoms with E-state index in [2.05, 4.69) is 10.5 Å². The van der Waals surface area contributed by atoms with Crippen molar-refractivity contribution in [2.75, 3.05) is 5.32 Å². The molecule has 1 N–H and O–H groups in total. The summed E-state index contributed by atoms with van der Waals surface area (Å²) in [5, 5.41) is 6.95. The van der Waals surface area contributed by atoms with E-state index in [-0.39, 0.29) is 22.2 Å². The fraction of sp³-hybridized carbons (Fsp3) is 0.143. The molecular formula is C21H19N3O4S. The maximum absolute atomic E-state index is 13.2. The Morgan fingerprint density at radius 1 is 1.10 bits per heavy atom. The summed E-state index contributed by atoms with van der Waals surface area (Å²) in [6, 6.07) is 15.4. The van der Waals surface area contributed by atoms with Crippen molar-refractivity contribution >= 4 is 32.5 Å². The highest BCUT2D eigenvalue weighted by atomic mass is 32.2. The van der Waals surface area contributed by atoms with Crippen molar-refractivity contribution in [2.24, 2.45) is 0 Å². The topological polar surface area (TPSA) is 94.2 Å². The van der Waals surface area contributed by atoms with Gasteiger partial charge in [-0.05, 0) is 32.0 Å². The Kier molecular flexibility index (Phi) is 4.71. The number of amides is 1. The molecule has 8 heteroatoms. The smallest absolute Gasteiger partial charge is 0.245 e. The van der Waals surface area contributed by atoms with E-state index >= 15 is 0 Å². The highest BCUT2D eigenvalue weighted by Crippen LogP contribution is 2.30. The van der Waals surface area contributed by atoms with Crippen LogP contribution in [-0.4, -0.2) is 24.0 Å². The zero-order chi connectivity index (χ0) is 20.6. The molecule has 7 nitrogen and oxygen atoms in total. The van der Waals surface area contributed by atoms with Gasteiger partial charge in [-0.3, -0.25) is 4.79 Å². The molecule has 0 saturated carbocycles. The number of hydrogen-bond donors (Lipinski definition) is 1. The summed E-state index contributed by atoms with van der Waals surface area (Å²) in [5.74, 6) is 0.563. The van der Waals surface area contributed by atoms with Crippen LogP contribution in [0.3, 0.4) is 0 Å². The fourth-order valence-electron chi connectivity index (χ4n) is 3.16. The molecule has 0 aliphatic heterocycles. The van der Waals surface area contributed by atoms with Crippen LogP contribution in [0.1, 0.15) is 11.3 Å². The second-order valence-electron chi connectivity index (χ2n) is 6.83. The average Bonchev–Trinajstić information content (AvgIpc) is 3.26. The molecule has 0 atom stereocenters. The third-order valence-corrected chi connectivity index (χ3v) is 6.38. The second kappa shape index (κ2) is 7.21. The van der Waals surface area contributed by atoms with Gasteiger partial charge in [0.05, 0.1) is 9.79 Å². The van der Waals surface area contributed by atoms with E-state index in [1.165, 1.54) is 6.20 Å². The molecule has 0 spiro atoms. The lowest BCUT2D eigenvalue weighted by molar-refractivity contribution is -0.116. The van der Waals surface area contributed by atoms with Crippen LogP contribution < -0.4 is 5.32 Å². The molecule has 4 aromatic rings. The molecule has 2 aromatic heterocycles. The van der Waals surface area contributed by atoms with Crippen LogP contribution in [0, 0.1) is 13.8 Å². The number of hydrogen-bond acceptors (Lipinski definition) is 5. The summed E-state index contributed by atoms with van der Waals surface area (Å²) >= 11 is 0. The summed E-state index contributed by atoms with van der Waals surface area (Å²) in [7, 11) is -3.73. The molecule has 29 heavy (non-hydrogen) atoms. The maximum atomic E-state index is 13.2. The molecule has 0 saturated heterocycles. The van der Waals surface area contributed by atoms with Crippen LogP contribution in [0.4, 0.5) is 5.82 Å². The molecule has 0 aliphatic rings. The van der Waals surface area contributed by atoms with E-state index in [0.29, 0.717) is 22.5 Å². The third kappa shape index (κ3) is 3.66. The van der Waals surface area contributed by atoms with Crippen LogP contribution in [0.25, 0.3) is 10.9 Å². The molecule has 4 rings (SSSR count). The fourth-order valence-corrected chi connectivity index (χ4v) is 4.64. The first kappa shape index (κ1) is 18.9. The largest absolute Gasteiger partial charge is 0.360 e. The van der Waals surface area contributed by atoms with Crippen LogP contribution in [0.2, 0.25) is 0 Å². The minimum absolute atomic E-state index is 0.0597. The predicted molar refractivity (Wildman–Crippen MR) is 108 cm³/mol. The first-order chi connectivity index (χ1) is 13.8. The molecular weight excluding hydrogens is 390 g/mol. The first-order valence-electron chi connectivity index (χ1n) is 8.97. The third-order valence-electron chi connectivity index (χ3n) is 4.58. The zero-order valence-electron chi connectivity index (χ0n) is 15.9. The number of benzene rings is 2. The Balaban J connectivity index is 1.71. The highest BCUT2D eigenvalue weighted by Gasteiger charge is 2.24. The van der Waals surface area contributed by atoms with Crippen molar-refractivity contribution in [3.05, 3.63) is 72.1 Å². The molecule has 1 amide bonds. The number of carbonyl (C=O) groups is 1. The Morgan fingerprint density at radius 3 is 2.52 bits per heavy atom. The summed E-state index contributed by atoms with van der Waals surface area (Å²) in [6.07, 6.45) is 1.51. The van der Waals surface area contributed by atoms with Gasteiger partial charge in [0.25, 0.3) is 0 Å². The molecule has 0 bridgehead atoms. The van der Waals surface area contributed by atoms with Crippen molar-refractivity contribution in [3.63, 3.8) is 0 Å². The predicted octanol–water partition coefficient (Wildman–Crippen LogP) is 3.72. The Hall–Kier alpha value is -3.39. The maximum Gasteiger partial charge on any atom is 0.245 e. The standard InChI is InChI=1S/C21H19N3O4S/c1-14-7-9-16(10-8-14)29(26,27)19-12-24(18-6-4-3-5-17(18)19)13-21(25)22-20-11-15(2)28-23-20/h3-12H,13H2,1-2H3,(H,22,23,25). The van der Waals surface area contributed by atoms with E-state index in [1.54, 1.807) is 66.1 Å². The molecule has 148 valence electrons. The summed E-state index contributed by atoms with van der Waals surface area (Å²) < 4.78 is 33.0. The van der Waals surface area contributed by atoms with Gasteiger partial charge in [-0.2, -0.15) is 0 Å². The number of para-hydroxylation sites is 1. The van der Waals surface area contributed by atoms with E-state index in [0.717, 1.165) is 5.56 Å². The average molecular weight is 409 g/mol. The van der Waals surface area contributed by atoms with Crippen LogP contribution in [0.5, 0.6) is 0 Å². The number of anilines is 1. The van der Waals surface area contributed by atoms with Gasteiger partial charge in [0.1, 0.15) is 12.3 Å². The van der Waals surface area contributed by atoms with E-state index in [4.69, 9.17) is 4.52 Å². The van der Waals surface area contributed by atoms with E-state index in [1.807, 2.05) is 6.92 Å². The number of rotatable bonds is 5. The van der Waals surface area contributed by atoms with Gasteiger partial charge in [-0.1, -0.05) is 41.1 Å². The summed E-state index contributed by atoms with van der Waals surface area (Å²) in [4.78, 5) is 12.8. The van der Waals surface area contributed by atoms with Crippen LogP contribution in [0.15, 0.2) is 75.1 Å². The molecule has 0 aliphatic carbocycles. The quantitative estimate of drug-likeness (QED) is 0.542. The number of nitrogens with one attached hydrogen (secondary N) is 1. The van der Waals surface area contributed by atoms with Gasteiger partial charge in [0, 0.05) is 23.2 Å². The van der Waals surface area contributed by atoms with Crippen molar-refractivity contribution in [2.45, 2.75) is 30.2 Å². The Bertz CT molecular complexity index is 1300. The number of fused-ring (bicyclic) bond motifs is 1. The monoisotopic (exact) mass is 409 g/mol. The minimum atomic E-state index is -3.73. The lowest BCUT2D eigenvalue weighted by Crippen LogP contribution is -2.18. The number of aromatic nitrogens is 2. The van der Waals surface area contributed by atoms with Gasteiger partial charge in [0.15, 0.2) is 5.82 Å². The van der Waals surface area contributed by atoms with Crippen molar-refractivity contribution in [3.8, 4) is 0 Å². The van der Waals surface area contributed by atoms with Gasteiger partial charge in [0.2, 0.25) is 15.7 Å². The van der Waals surface area contributed by atoms with Gasteiger partial charge in [-0.15, -0.1) is 0 Å². The highest BCUT2D eigenvalue weighted by molar-refractivity contribution is 7.91. The Labute approximate surface area is 167 Å². The normalized spacial score (nSPS) is 11.7. The number of aryl methyl sites for hydroxylation is 2. The molecule has 0 unspecified atom stereocenters. The lowest BCUT2D eigenvalue weighted by atomic mass is 10.2. The minimum Gasteiger partial charge on any atom is -0.360 e. The molecule has 2 aromatic carbocycles. The number of nitrogens with zero attached hydrogens (tertiary/aromatic N) is 2. The molecule has 0 fully saturated rings. The van der Waals surface area contributed by atoms with E-state index < -0.39 is 9.84 Å². The second-order valence-corrected chi connectivity index (χ2v) is 8.74. The Morgan fingerprint density at radius 2 is 1.83 bits per heavy atom. The van der Waals surface area contributed by atoms with Gasteiger partial charge in [-0.25, -0.2) is 8.42 Å². The number of sulfone groups is 1. The van der Waals surface area contributed by atoms with Crippen LogP contribution >= 0.6 is 0 Å². The van der Waals surface area contributed by atoms with Crippen molar-refractivity contribution < 1.29 is 17.7 Å². The molecule has 0 radical (unpaired) electrons. The summed E-state index contributed by atoms with van der Waals surface area (Å²) in [6.45, 7) is 3.57. The number of carbonyl (C=O) groups excluding carboxylic acids is 1. The zero-order valence-corrected chi connectivity index (χ0v) is 16.7. The van der Waals surface area contributed by atoms with Crippen LogP contribution in [-0.2, 0) is 21.2 Å². The lowest BCUT2D eigenvalue weighted by Gasteiger charge is -2.05. The summed E-state index contributed by atoms with van der Waals surface area (Å²) in [5.41, 5.74) is 1.64. The SMILES string of the molecule is Cc1ccc(S(=O)(=O)c2cn(CC(=O)Nc3cc(C)on3)c3ccccc23)cc1. The first-order valence-corrected chi connectivity index (χ1v) is 10.5. The van der Waals surface area contributed by atoms with Crippen molar-refractivity contribution in [1.82, 2.24) is 9.72 Å². The van der Waals surface area contributed by atoms with Crippen molar-refractivity contribution in [1.29, 1.82) is 0 Å². The van der Waals surface area contributed by atoms with Gasteiger partial charge >= 0.3 is 0 Å². The molecule has 2 heterocycles. The van der Waals surface area contributed by atoms with Gasteiger partial charge < -0.3 is 14.4 Å². The van der Waals surface area contributed by atoms with E-state index in [9.17, 15) is 13.2 Å².